The zero-order chi connectivity index (χ0) is 17.9. The van der Waals surface area contributed by atoms with E-state index < -0.39 is 18.4 Å². The van der Waals surface area contributed by atoms with Crippen LogP contribution in [0.2, 0.25) is 5.02 Å². The van der Waals surface area contributed by atoms with Crippen LogP contribution < -0.4 is 34.9 Å². The first kappa shape index (κ1) is 21.4. The molecule has 0 aliphatic heterocycles. The fourth-order valence-corrected chi connectivity index (χ4v) is 2.59. The summed E-state index contributed by atoms with van der Waals surface area (Å²) in [5, 5.41) is 11.4. The van der Waals surface area contributed by atoms with Crippen LogP contribution >= 0.6 is 11.6 Å². The van der Waals surface area contributed by atoms with Crippen LogP contribution in [0.15, 0.2) is 30.3 Å². The summed E-state index contributed by atoms with van der Waals surface area (Å²) in [5.41, 5.74) is 2.37. The van der Waals surface area contributed by atoms with E-state index >= 15 is 0 Å². The van der Waals surface area contributed by atoms with Gasteiger partial charge in [0.1, 0.15) is 6.54 Å². The predicted molar refractivity (Wildman–Crippen MR) is 90.5 cm³/mol. The third-order valence-electron chi connectivity index (χ3n) is 3.62. The minimum atomic E-state index is -1.11. The van der Waals surface area contributed by atoms with E-state index in [-0.39, 0.29) is 43.2 Å². The Kier molecular flexibility index (Phi) is 7.89. The number of rotatable bonds is 6. The average molecular weight is 373 g/mol. The summed E-state index contributed by atoms with van der Waals surface area (Å²) in [4.78, 5) is 34.9. The van der Waals surface area contributed by atoms with Crippen LogP contribution in [0.4, 0.5) is 0 Å². The van der Waals surface area contributed by atoms with E-state index in [0.29, 0.717) is 22.0 Å². The molecule has 1 aromatic heterocycles. The van der Waals surface area contributed by atoms with Gasteiger partial charge in [0.15, 0.2) is 0 Å². The van der Waals surface area contributed by atoms with Crippen molar-refractivity contribution in [2.24, 2.45) is 7.05 Å². The van der Waals surface area contributed by atoms with Gasteiger partial charge in [0, 0.05) is 23.3 Å². The maximum Gasteiger partial charge on any atom is 1.00 e. The van der Waals surface area contributed by atoms with E-state index in [9.17, 15) is 14.4 Å². The summed E-state index contributed by atoms with van der Waals surface area (Å²) < 4.78 is 1.66. The van der Waals surface area contributed by atoms with Crippen molar-refractivity contribution >= 4 is 29.3 Å². The van der Waals surface area contributed by atoms with Gasteiger partial charge in [0.2, 0.25) is 11.7 Å². The van der Waals surface area contributed by atoms with Gasteiger partial charge in [-0.1, -0.05) is 11.6 Å². The number of carboxylic acid groups (broad SMARTS) is 1. The molecule has 2 N–H and O–H groups in total. The van der Waals surface area contributed by atoms with Crippen LogP contribution in [-0.2, 0) is 23.1 Å². The van der Waals surface area contributed by atoms with Gasteiger partial charge in [0.05, 0.1) is 12.1 Å². The molecule has 0 spiro atoms. The first-order valence-electron chi connectivity index (χ1n) is 7.23. The second-order valence-electron chi connectivity index (χ2n) is 5.41. The number of hydrogen-bond acceptors (Lipinski definition) is 3. The number of nitrogens with one attached hydrogen (secondary N) is 1. The number of carboxylic acids is 1. The number of carbonyl (C=O) groups excluding carboxylic acids is 2. The van der Waals surface area contributed by atoms with Crippen molar-refractivity contribution in [2.75, 3.05) is 6.54 Å². The molecular weight excluding hydrogens is 355 g/mol. The van der Waals surface area contributed by atoms with E-state index in [1.165, 1.54) is 0 Å². The number of hydrogen-bond donors (Lipinski definition) is 2. The first-order valence-corrected chi connectivity index (χ1v) is 7.61. The molecule has 1 heterocycles. The molecule has 0 radical (unpaired) electrons. The molecule has 1 amide bonds. The SMILES string of the molecule is Cc1cc(CC(=O)NCC(=O)O)n(C)c1C(=O)c1ccc(Cl)cc1.[H-].[Na+]. The molecule has 0 atom stereocenters. The molecule has 2 rings (SSSR count). The smallest absolute Gasteiger partial charge is 1.00 e. The molecule has 0 unspecified atom stereocenters. The van der Waals surface area contributed by atoms with Gasteiger partial charge in [0.25, 0.3) is 0 Å². The normalized spacial score (nSPS) is 10.0. The molecule has 0 saturated heterocycles. The van der Waals surface area contributed by atoms with E-state index in [4.69, 9.17) is 16.7 Å². The van der Waals surface area contributed by atoms with E-state index in [0.717, 1.165) is 5.56 Å². The largest absolute Gasteiger partial charge is 1.00 e. The predicted octanol–water partition coefficient (Wildman–Crippen LogP) is -0.922. The topological polar surface area (TPSA) is 88.4 Å². The molecular formula is C17H18ClN2NaO4. The molecule has 0 aliphatic rings. The summed E-state index contributed by atoms with van der Waals surface area (Å²) in [5.74, 6) is -1.68. The molecule has 2 aromatic rings. The molecule has 8 heteroatoms. The number of halogens is 1. The van der Waals surface area contributed by atoms with Gasteiger partial charge in [-0.05, 0) is 42.8 Å². The molecule has 0 saturated carbocycles. The second-order valence-corrected chi connectivity index (χ2v) is 5.85. The number of aryl methyl sites for hydroxylation is 1. The van der Waals surface area contributed by atoms with Crippen molar-refractivity contribution in [3.63, 3.8) is 0 Å². The number of amides is 1. The maximum absolute atomic E-state index is 12.7. The molecule has 25 heavy (non-hydrogen) atoms. The molecule has 0 bridgehead atoms. The van der Waals surface area contributed by atoms with Crippen molar-refractivity contribution in [1.29, 1.82) is 0 Å². The third kappa shape index (κ3) is 5.44. The van der Waals surface area contributed by atoms with Gasteiger partial charge in [-0.2, -0.15) is 0 Å². The van der Waals surface area contributed by atoms with Crippen LogP contribution in [-0.4, -0.2) is 33.9 Å². The van der Waals surface area contributed by atoms with Crippen molar-refractivity contribution < 1.29 is 50.5 Å². The maximum atomic E-state index is 12.7. The van der Waals surface area contributed by atoms with Gasteiger partial charge in [-0.3, -0.25) is 14.4 Å². The minimum Gasteiger partial charge on any atom is -1.00 e. The number of aliphatic carboxylic acids is 1. The van der Waals surface area contributed by atoms with E-state index in [1.807, 2.05) is 0 Å². The molecule has 1 aromatic carbocycles. The Bertz CT molecular complexity index is 806. The van der Waals surface area contributed by atoms with Crippen LogP contribution in [0.1, 0.15) is 28.7 Å². The van der Waals surface area contributed by atoms with Crippen LogP contribution in [0.5, 0.6) is 0 Å². The van der Waals surface area contributed by atoms with Crippen LogP contribution in [0, 0.1) is 6.92 Å². The van der Waals surface area contributed by atoms with Gasteiger partial charge >= 0.3 is 35.5 Å². The number of aromatic nitrogens is 1. The standard InChI is InChI=1S/C17H17ClN2O4.Na.H/c1-10-7-13(8-14(21)19-9-15(22)23)20(2)16(10)17(24)11-3-5-12(18)6-4-11;;/h3-7H,8-9H2,1-2H3,(H,19,21)(H,22,23);;/q;+1;-1. The zero-order valence-corrected chi connectivity index (χ0v) is 17.1. The molecule has 0 fully saturated rings. The van der Waals surface area contributed by atoms with E-state index in [1.54, 1.807) is 48.9 Å². The summed E-state index contributed by atoms with van der Waals surface area (Å²) in [6.07, 6.45) is -0.00147. The number of benzene rings is 1. The van der Waals surface area contributed by atoms with Gasteiger partial charge in [-0.15, -0.1) is 0 Å². The summed E-state index contributed by atoms with van der Waals surface area (Å²) in [6.45, 7) is 1.36. The van der Waals surface area contributed by atoms with Crippen molar-refractivity contribution in [1.82, 2.24) is 9.88 Å². The summed E-state index contributed by atoms with van der Waals surface area (Å²) in [7, 11) is 1.70. The fourth-order valence-electron chi connectivity index (χ4n) is 2.46. The van der Waals surface area contributed by atoms with Gasteiger partial charge < -0.3 is 16.4 Å². The zero-order valence-electron chi connectivity index (χ0n) is 15.3. The quantitative estimate of drug-likeness (QED) is 0.507. The van der Waals surface area contributed by atoms with Crippen LogP contribution in [0.3, 0.4) is 0 Å². The Morgan fingerprint density at radius 1 is 1.24 bits per heavy atom. The Morgan fingerprint density at radius 2 is 1.84 bits per heavy atom. The Morgan fingerprint density at radius 3 is 2.40 bits per heavy atom. The van der Waals surface area contributed by atoms with Crippen molar-refractivity contribution in [3.05, 3.63) is 57.9 Å². The van der Waals surface area contributed by atoms with E-state index in [2.05, 4.69) is 5.32 Å². The molecule has 128 valence electrons. The molecule has 6 nitrogen and oxygen atoms in total. The third-order valence-corrected chi connectivity index (χ3v) is 3.87. The number of nitrogens with zero attached hydrogens (tertiary/aromatic N) is 1. The monoisotopic (exact) mass is 372 g/mol. The first-order chi connectivity index (χ1) is 11.3. The van der Waals surface area contributed by atoms with Crippen molar-refractivity contribution in [2.45, 2.75) is 13.3 Å². The Labute approximate surface area is 173 Å². The summed E-state index contributed by atoms with van der Waals surface area (Å²) in [6, 6.07) is 8.34. The Balaban J connectivity index is 0.00000312. The number of ketones is 1. The van der Waals surface area contributed by atoms with Crippen LogP contribution in [0.25, 0.3) is 0 Å². The van der Waals surface area contributed by atoms with Gasteiger partial charge in [-0.25, -0.2) is 0 Å². The fraction of sp³-hybridized carbons (Fsp3) is 0.235. The average Bonchev–Trinajstić information content (AvgIpc) is 2.79. The minimum absolute atomic E-state index is 0. The molecule has 0 aliphatic carbocycles. The van der Waals surface area contributed by atoms with Crippen molar-refractivity contribution in [3.8, 4) is 0 Å². The Hall–Kier alpha value is -1.60. The summed E-state index contributed by atoms with van der Waals surface area (Å²) >= 11 is 5.84. The number of carbonyl (C=O) groups is 3. The second kappa shape index (κ2) is 9.20.